The lowest BCUT2D eigenvalue weighted by molar-refractivity contribution is -0.124. The number of carbonyl (C=O) groups is 2. The second-order valence-corrected chi connectivity index (χ2v) is 8.28. The number of fused-ring (bicyclic) bond motifs is 1. The van der Waals surface area contributed by atoms with Crippen LogP contribution in [0.1, 0.15) is 47.3 Å². The minimum absolute atomic E-state index is 0.00651. The van der Waals surface area contributed by atoms with Gasteiger partial charge in [0.05, 0.1) is 6.04 Å². The maximum atomic E-state index is 13.0. The number of rotatable bonds is 6. The minimum atomic E-state index is -0.650. The van der Waals surface area contributed by atoms with Crippen molar-refractivity contribution in [2.24, 2.45) is 0 Å². The molecule has 0 aliphatic carbocycles. The molecule has 2 atom stereocenters. The first-order valence-electron chi connectivity index (χ1n) is 10.4. The summed E-state index contributed by atoms with van der Waals surface area (Å²) in [5, 5.41) is 3.76. The highest BCUT2D eigenvalue weighted by molar-refractivity contribution is 6.31. The Labute approximate surface area is 182 Å². The number of likely N-dealkylation sites (tertiary alicyclic amines) is 1. The standard InChI is InChI=1S/C24H26ClN3O2/c1-16-18-9-3-4-10-19(18)24(30)28(16)17(2)23(29)26-15-22(27-13-7-8-14-27)20-11-5-6-12-21(20)25/h3-6,9-12,17,22H,1,7-8,13-15H2,2H3,(H,26,29)/t17-,22+/m1/s1. The van der Waals surface area contributed by atoms with E-state index >= 15 is 0 Å². The van der Waals surface area contributed by atoms with E-state index in [2.05, 4.69) is 16.8 Å². The van der Waals surface area contributed by atoms with Gasteiger partial charge >= 0.3 is 0 Å². The lowest BCUT2D eigenvalue weighted by atomic mass is 10.1. The fourth-order valence-electron chi connectivity index (χ4n) is 4.41. The Hall–Kier alpha value is -2.63. The SMILES string of the molecule is C=C1c2ccccc2C(=O)N1[C@H](C)C(=O)NC[C@@H](c1ccccc1Cl)N1CCCC1. The third kappa shape index (κ3) is 3.75. The van der Waals surface area contributed by atoms with Crippen molar-refractivity contribution >= 4 is 29.1 Å². The summed E-state index contributed by atoms with van der Waals surface area (Å²) in [6.45, 7) is 8.20. The summed E-state index contributed by atoms with van der Waals surface area (Å²) >= 11 is 6.46. The molecule has 6 heteroatoms. The molecule has 0 radical (unpaired) electrons. The molecule has 2 amide bonds. The third-order valence-corrected chi connectivity index (χ3v) is 6.40. The third-order valence-electron chi connectivity index (χ3n) is 6.06. The molecule has 1 N–H and O–H groups in total. The summed E-state index contributed by atoms with van der Waals surface area (Å²) in [6, 6.07) is 14.5. The van der Waals surface area contributed by atoms with Crippen LogP contribution in [-0.2, 0) is 4.79 Å². The Morgan fingerprint density at radius 1 is 1.10 bits per heavy atom. The smallest absolute Gasteiger partial charge is 0.259 e. The zero-order valence-corrected chi connectivity index (χ0v) is 17.9. The van der Waals surface area contributed by atoms with E-state index in [0.717, 1.165) is 37.1 Å². The first kappa shape index (κ1) is 20.6. The monoisotopic (exact) mass is 423 g/mol. The van der Waals surface area contributed by atoms with Crippen LogP contribution >= 0.6 is 11.6 Å². The van der Waals surface area contributed by atoms with E-state index in [-0.39, 0.29) is 17.9 Å². The molecule has 2 aliphatic rings. The summed E-state index contributed by atoms with van der Waals surface area (Å²) in [5.41, 5.74) is 2.96. The van der Waals surface area contributed by atoms with Gasteiger partial charge in [0, 0.05) is 28.4 Å². The Kier molecular flexibility index (Phi) is 5.93. The molecular formula is C24H26ClN3O2. The van der Waals surface area contributed by atoms with Crippen molar-refractivity contribution in [1.29, 1.82) is 0 Å². The summed E-state index contributed by atoms with van der Waals surface area (Å²) < 4.78 is 0. The van der Waals surface area contributed by atoms with Gasteiger partial charge in [0.2, 0.25) is 5.91 Å². The van der Waals surface area contributed by atoms with Crippen LogP contribution in [0.4, 0.5) is 0 Å². The quantitative estimate of drug-likeness (QED) is 0.760. The van der Waals surface area contributed by atoms with Gasteiger partial charge in [-0.3, -0.25) is 19.4 Å². The van der Waals surface area contributed by atoms with Gasteiger partial charge in [0.15, 0.2) is 0 Å². The number of carbonyl (C=O) groups excluding carboxylic acids is 2. The molecule has 0 spiro atoms. The van der Waals surface area contributed by atoms with Crippen molar-refractivity contribution < 1.29 is 9.59 Å². The number of nitrogens with zero attached hydrogens (tertiary/aromatic N) is 2. The molecule has 2 aliphatic heterocycles. The Morgan fingerprint density at radius 3 is 2.40 bits per heavy atom. The Morgan fingerprint density at radius 2 is 1.73 bits per heavy atom. The first-order valence-corrected chi connectivity index (χ1v) is 10.7. The zero-order chi connectivity index (χ0) is 21.3. The Bertz CT molecular complexity index is 949. The van der Waals surface area contributed by atoms with Gasteiger partial charge in [-0.05, 0) is 50.6 Å². The molecule has 0 bridgehead atoms. The van der Waals surface area contributed by atoms with Gasteiger partial charge in [-0.15, -0.1) is 0 Å². The number of halogens is 1. The van der Waals surface area contributed by atoms with Crippen molar-refractivity contribution in [1.82, 2.24) is 15.1 Å². The van der Waals surface area contributed by atoms with E-state index in [9.17, 15) is 9.59 Å². The van der Waals surface area contributed by atoms with Crippen molar-refractivity contribution in [3.05, 3.63) is 76.8 Å². The highest BCUT2D eigenvalue weighted by atomic mass is 35.5. The number of hydrogen-bond acceptors (Lipinski definition) is 3. The number of nitrogens with one attached hydrogen (secondary N) is 1. The molecule has 5 nitrogen and oxygen atoms in total. The predicted octanol–water partition coefficient (Wildman–Crippen LogP) is 4.11. The van der Waals surface area contributed by atoms with Crippen LogP contribution < -0.4 is 5.32 Å². The van der Waals surface area contributed by atoms with E-state index in [4.69, 9.17) is 11.6 Å². The van der Waals surface area contributed by atoms with E-state index in [1.54, 1.807) is 13.0 Å². The van der Waals surface area contributed by atoms with Crippen LogP contribution in [0.2, 0.25) is 5.02 Å². The number of benzene rings is 2. The predicted molar refractivity (Wildman–Crippen MR) is 119 cm³/mol. The zero-order valence-electron chi connectivity index (χ0n) is 17.1. The molecular weight excluding hydrogens is 398 g/mol. The molecule has 0 unspecified atom stereocenters. The van der Waals surface area contributed by atoms with E-state index in [1.807, 2.05) is 42.5 Å². The van der Waals surface area contributed by atoms with E-state index < -0.39 is 6.04 Å². The molecule has 30 heavy (non-hydrogen) atoms. The average Bonchev–Trinajstić information content (AvgIpc) is 3.37. The summed E-state index contributed by atoms with van der Waals surface area (Å²) in [4.78, 5) is 29.7. The molecule has 2 aromatic rings. The molecule has 2 aromatic carbocycles. The van der Waals surface area contributed by atoms with Crippen LogP contribution in [0.25, 0.3) is 5.70 Å². The van der Waals surface area contributed by atoms with Crippen LogP contribution in [-0.4, -0.2) is 47.3 Å². The fraction of sp³-hybridized carbons (Fsp3) is 0.333. The highest BCUT2D eigenvalue weighted by Gasteiger charge is 2.37. The minimum Gasteiger partial charge on any atom is -0.352 e. The van der Waals surface area contributed by atoms with Gasteiger partial charge in [-0.2, -0.15) is 0 Å². The van der Waals surface area contributed by atoms with Gasteiger partial charge in [-0.25, -0.2) is 0 Å². The molecule has 156 valence electrons. The topological polar surface area (TPSA) is 52.7 Å². The fourth-order valence-corrected chi connectivity index (χ4v) is 4.67. The van der Waals surface area contributed by atoms with Crippen molar-refractivity contribution in [3.8, 4) is 0 Å². The van der Waals surface area contributed by atoms with Crippen LogP contribution in [0.15, 0.2) is 55.1 Å². The van der Waals surface area contributed by atoms with Crippen LogP contribution in [0, 0.1) is 0 Å². The van der Waals surface area contributed by atoms with Gasteiger partial charge < -0.3 is 5.32 Å². The molecule has 2 heterocycles. The second-order valence-electron chi connectivity index (χ2n) is 7.87. The first-order chi connectivity index (χ1) is 14.5. The highest BCUT2D eigenvalue weighted by Crippen LogP contribution is 2.33. The molecule has 1 fully saturated rings. The average molecular weight is 424 g/mol. The van der Waals surface area contributed by atoms with Crippen LogP contribution in [0.3, 0.4) is 0 Å². The molecule has 1 saturated heterocycles. The number of hydrogen-bond donors (Lipinski definition) is 1. The van der Waals surface area contributed by atoms with Gasteiger partial charge in [0.1, 0.15) is 6.04 Å². The summed E-state index contributed by atoms with van der Waals surface area (Å²) in [5.74, 6) is -0.381. The summed E-state index contributed by atoms with van der Waals surface area (Å²) in [7, 11) is 0. The maximum Gasteiger partial charge on any atom is 0.259 e. The van der Waals surface area contributed by atoms with Crippen LogP contribution in [0.5, 0.6) is 0 Å². The molecule has 4 rings (SSSR count). The van der Waals surface area contributed by atoms with Gasteiger partial charge in [0.25, 0.3) is 5.91 Å². The second kappa shape index (κ2) is 8.62. The Balaban J connectivity index is 1.48. The normalized spacial score (nSPS) is 18.4. The summed E-state index contributed by atoms with van der Waals surface area (Å²) in [6.07, 6.45) is 2.29. The van der Waals surface area contributed by atoms with Crippen molar-refractivity contribution in [2.75, 3.05) is 19.6 Å². The van der Waals surface area contributed by atoms with Crippen molar-refractivity contribution in [2.45, 2.75) is 31.8 Å². The van der Waals surface area contributed by atoms with E-state index in [0.29, 0.717) is 22.8 Å². The van der Waals surface area contributed by atoms with E-state index in [1.165, 1.54) is 4.90 Å². The molecule has 0 aromatic heterocycles. The lowest BCUT2D eigenvalue weighted by Crippen LogP contribution is -2.47. The molecule has 0 saturated carbocycles. The van der Waals surface area contributed by atoms with Gasteiger partial charge in [-0.1, -0.05) is 54.6 Å². The lowest BCUT2D eigenvalue weighted by Gasteiger charge is -2.30. The maximum absolute atomic E-state index is 13.0. The van der Waals surface area contributed by atoms with Crippen molar-refractivity contribution in [3.63, 3.8) is 0 Å². The number of amides is 2. The largest absolute Gasteiger partial charge is 0.352 e.